The molecule has 4 saturated carbocycles. The van der Waals surface area contributed by atoms with Crippen molar-refractivity contribution in [3.05, 3.63) is 26.6 Å². The summed E-state index contributed by atoms with van der Waals surface area (Å²) in [6.07, 6.45) is 7.66. The lowest BCUT2D eigenvalue weighted by atomic mass is 9.49. The van der Waals surface area contributed by atoms with Crippen LogP contribution in [0.15, 0.2) is 4.79 Å². The molecule has 0 saturated heterocycles. The van der Waals surface area contributed by atoms with E-state index in [1.54, 1.807) is 6.92 Å². The Hall–Kier alpha value is -1.69. The van der Waals surface area contributed by atoms with Crippen LogP contribution in [-0.2, 0) is 9.53 Å². The summed E-state index contributed by atoms with van der Waals surface area (Å²) in [6, 6.07) is 0. The number of aryl methyl sites for hydroxylation is 2. The van der Waals surface area contributed by atoms with Crippen molar-refractivity contribution < 1.29 is 9.53 Å². The van der Waals surface area contributed by atoms with Gasteiger partial charge in [-0.15, -0.1) is 11.3 Å². The van der Waals surface area contributed by atoms with E-state index in [0.717, 1.165) is 33.0 Å². The summed E-state index contributed by atoms with van der Waals surface area (Å²) in [4.78, 5) is 34.5. The predicted octanol–water partition coefficient (Wildman–Crippen LogP) is 4.81. The van der Waals surface area contributed by atoms with E-state index in [2.05, 4.69) is 9.97 Å². The standard InChI is InChI=1S/C22H28N2O3S/c1-11-13(3)28-21-18(11)20(26)23-19(24-21)12(2)27-17(25)10-22-7-14-4-15(8-22)6-16(5-14)9-22/h12,14-16H,4-10H2,1-3H3,(H,23,24,26)/t12-,14?,15?,16?,22?/m1/s1. The third kappa shape index (κ3) is 3.00. The number of fused-ring (bicyclic) bond motifs is 1. The van der Waals surface area contributed by atoms with Crippen LogP contribution in [0.4, 0.5) is 0 Å². The van der Waals surface area contributed by atoms with Gasteiger partial charge in [0.25, 0.3) is 5.56 Å². The average molecular weight is 401 g/mol. The van der Waals surface area contributed by atoms with E-state index in [0.29, 0.717) is 17.6 Å². The maximum Gasteiger partial charge on any atom is 0.307 e. The molecular formula is C22H28N2O3S. The van der Waals surface area contributed by atoms with Gasteiger partial charge in [0.05, 0.1) is 11.8 Å². The second kappa shape index (κ2) is 6.41. The molecule has 4 bridgehead atoms. The van der Waals surface area contributed by atoms with E-state index >= 15 is 0 Å². The lowest BCUT2D eigenvalue weighted by molar-refractivity contribution is -0.157. The Morgan fingerprint density at radius 3 is 2.43 bits per heavy atom. The van der Waals surface area contributed by atoms with Crippen molar-refractivity contribution in [2.75, 3.05) is 0 Å². The quantitative estimate of drug-likeness (QED) is 0.748. The number of nitrogens with zero attached hydrogens (tertiary/aromatic N) is 1. The molecule has 4 aliphatic rings. The zero-order valence-electron chi connectivity index (χ0n) is 16.8. The normalized spacial score (nSPS) is 32.0. The highest BCUT2D eigenvalue weighted by Crippen LogP contribution is 2.61. The van der Waals surface area contributed by atoms with Crippen molar-refractivity contribution >= 4 is 27.5 Å². The largest absolute Gasteiger partial charge is 0.454 e. The lowest BCUT2D eigenvalue weighted by Crippen LogP contribution is -2.47. The van der Waals surface area contributed by atoms with Gasteiger partial charge in [-0.3, -0.25) is 9.59 Å². The number of nitrogens with one attached hydrogen (secondary N) is 1. The highest BCUT2D eigenvalue weighted by Gasteiger charge is 2.51. The number of ether oxygens (including phenoxy) is 1. The Morgan fingerprint density at radius 2 is 1.82 bits per heavy atom. The molecule has 6 rings (SSSR count). The number of thiophene rings is 1. The maximum absolute atomic E-state index is 12.8. The zero-order chi connectivity index (χ0) is 19.6. The summed E-state index contributed by atoms with van der Waals surface area (Å²) in [5.41, 5.74) is 0.996. The molecule has 0 aromatic carbocycles. The van der Waals surface area contributed by atoms with Gasteiger partial charge in [0.15, 0.2) is 11.9 Å². The van der Waals surface area contributed by atoms with Crippen LogP contribution in [0.3, 0.4) is 0 Å². The molecule has 4 fully saturated rings. The molecule has 0 radical (unpaired) electrons. The van der Waals surface area contributed by atoms with Crippen molar-refractivity contribution in [1.82, 2.24) is 9.97 Å². The first-order valence-corrected chi connectivity index (χ1v) is 11.3. The molecular weight excluding hydrogens is 372 g/mol. The molecule has 1 N–H and O–H groups in total. The van der Waals surface area contributed by atoms with Crippen LogP contribution in [0.1, 0.15) is 74.2 Å². The topological polar surface area (TPSA) is 72.0 Å². The number of esters is 1. The number of carbonyl (C=O) groups is 1. The number of carbonyl (C=O) groups excluding carboxylic acids is 1. The lowest BCUT2D eigenvalue weighted by Gasteiger charge is -2.56. The zero-order valence-corrected chi connectivity index (χ0v) is 17.7. The van der Waals surface area contributed by atoms with Gasteiger partial charge < -0.3 is 9.72 Å². The van der Waals surface area contributed by atoms with Crippen LogP contribution in [0.5, 0.6) is 0 Å². The Balaban J connectivity index is 1.32. The molecule has 0 spiro atoms. The molecule has 0 amide bonds. The summed E-state index contributed by atoms with van der Waals surface area (Å²) < 4.78 is 5.75. The average Bonchev–Trinajstić information content (AvgIpc) is 2.87. The molecule has 6 heteroatoms. The first kappa shape index (κ1) is 18.3. The number of H-pyrrole nitrogens is 1. The van der Waals surface area contributed by atoms with Gasteiger partial charge in [0.1, 0.15) is 4.83 Å². The first-order valence-electron chi connectivity index (χ1n) is 10.5. The predicted molar refractivity (Wildman–Crippen MR) is 109 cm³/mol. The third-order valence-electron chi connectivity index (χ3n) is 7.44. The van der Waals surface area contributed by atoms with Gasteiger partial charge in [-0.2, -0.15) is 0 Å². The number of hydrogen-bond acceptors (Lipinski definition) is 5. The molecule has 2 aromatic rings. The number of aromatic nitrogens is 2. The van der Waals surface area contributed by atoms with E-state index in [9.17, 15) is 9.59 Å². The molecule has 4 aliphatic carbocycles. The monoisotopic (exact) mass is 400 g/mol. The van der Waals surface area contributed by atoms with Gasteiger partial charge in [-0.05, 0) is 88.0 Å². The smallest absolute Gasteiger partial charge is 0.307 e. The first-order chi connectivity index (χ1) is 13.3. The van der Waals surface area contributed by atoms with Gasteiger partial charge in [-0.25, -0.2) is 4.98 Å². The van der Waals surface area contributed by atoms with Crippen LogP contribution >= 0.6 is 11.3 Å². The van der Waals surface area contributed by atoms with Gasteiger partial charge >= 0.3 is 5.97 Å². The molecule has 5 nitrogen and oxygen atoms in total. The Bertz CT molecular complexity index is 970. The van der Waals surface area contributed by atoms with Gasteiger partial charge in [0, 0.05) is 4.88 Å². The highest BCUT2D eigenvalue weighted by molar-refractivity contribution is 7.18. The number of aromatic amines is 1. The van der Waals surface area contributed by atoms with Crippen LogP contribution in [0.25, 0.3) is 10.2 Å². The Morgan fingerprint density at radius 1 is 1.21 bits per heavy atom. The minimum Gasteiger partial charge on any atom is -0.454 e. The van der Waals surface area contributed by atoms with Crippen molar-refractivity contribution in [2.24, 2.45) is 23.2 Å². The molecule has 150 valence electrons. The SMILES string of the molecule is Cc1sc2nc([C@@H](C)OC(=O)CC34CC5CC(CC(C5)C3)C4)[nH]c(=O)c2c1C. The van der Waals surface area contributed by atoms with E-state index in [4.69, 9.17) is 4.74 Å². The van der Waals surface area contributed by atoms with E-state index in [-0.39, 0.29) is 16.9 Å². The summed E-state index contributed by atoms with van der Waals surface area (Å²) in [7, 11) is 0. The molecule has 1 atom stereocenters. The fraction of sp³-hybridized carbons (Fsp3) is 0.682. The fourth-order valence-corrected chi connectivity index (χ4v) is 7.61. The van der Waals surface area contributed by atoms with Crippen LogP contribution < -0.4 is 5.56 Å². The third-order valence-corrected chi connectivity index (χ3v) is 8.54. The second-order valence-corrected chi connectivity index (χ2v) is 10.8. The summed E-state index contributed by atoms with van der Waals surface area (Å²) >= 11 is 1.52. The number of hydrogen-bond donors (Lipinski definition) is 1. The van der Waals surface area contributed by atoms with E-state index in [1.807, 2.05) is 13.8 Å². The van der Waals surface area contributed by atoms with Crippen LogP contribution in [0.2, 0.25) is 0 Å². The summed E-state index contributed by atoms with van der Waals surface area (Å²) in [5.74, 6) is 2.76. The molecule has 2 heterocycles. The maximum atomic E-state index is 12.8. The summed E-state index contributed by atoms with van der Waals surface area (Å²) in [5, 5.41) is 0.651. The Labute approximate surface area is 168 Å². The van der Waals surface area contributed by atoms with E-state index < -0.39 is 6.10 Å². The Kier molecular flexibility index (Phi) is 4.20. The van der Waals surface area contributed by atoms with Crippen molar-refractivity contribution in [3.8, 4) is 0 Å². The van der Waals surface area contributed by atoms with Crippen molar-refractivity contribution in [1.29, 1.82) is 0 Å². The molecule has 2 aromatic heterocycles. The minimum atomic E-state index is -0.541. The van der Waals surface area contributed by atoms with Crippen molar-refractivity contribution in [2.45, 2.75) is 71.8 Å². The fourth-order valence-electron chi connectivity index (χ4n) is 6.57. The minimum absolute atomic E-state index is 0.143. The van der Waals surface area contributed by atoms with Crippen LogP contribution in [0, 0.1) is 37.0 Å². The molecule has 0 aliphatic heterocycles. The van der Waals surface area contributed by atoms with E-state index in [1.165, 1.54) is 49.9 Å². The second-order valence-electron chi connectivity index (χ2n) is 9.64. The number of rotatable bonds is 4. The van der Waals surface area contributed by atoms with Crippen molar-refractivity contribution in [3.63, 3.8) is 0 Å². The van der Waals surface area contributed by atoms with Crippen LogP contribution in [-0.4, -0.2) is 15.9 Å². The summed E-state index contributed by atoms with van der Waals surface area (Å²) in [6.45, 7) is 5.74. The van der Waals surface area contributed by atoms with Gasteiger partial charge in [-0.1, -0.05) is 0 Å². The highest BCUT2D eigenvalue weighted by atomic mass is 32.1. The molecule has 0 unspecified atom stereocenters. The van der Waals surface area contributed by atoms with Gasteiger partial charge in [0.2, 0.25) is 0 Å². The molecule has 28 heavy (non-hydrogen) atoms.